The number of hydrogen-bond donors (Lipinski definition) is 1. The Kier molecular flexibility index (Phi) is 3.56. The van der Waals surface area contributed by atoms with E-state index in [1.165, 1.54) is 37.9 Å². The van der Waals surface area contributed by atoms with Crippen molar-refractivity contribution in [2.24, 2.45) is 0 Å². The molecule has 0 amide bonds. The number of rotatable bonds is 3. The Morgan fingerprint density at radius 2 is 1.76 bits per heavy atom. The normalized spacial score (nSPS) is 16.0. The van der Waals surface area contributed by atoms with E-state index in [-0.39, 0.29) is 0 Å². The van der Waals surface area contributed by atoms with Crippen LogP contribution in [0.3, 0.4) is 0 Å². The molecule has 2 aromatic heterocycles. The summed E-state index contributed by atoms with van der Waals surface area (Å²) >= 11 is 0. The first-order chi connectivity index (χ1) is 12.4. The second-order valence-electron chi connectivity index (χ2n) is 6.91. The monoisotopic (exact) mass is 331 g/mol. The van der Waals surface area contributed by atoms with Crippen LogP contribution in [-0.2, 0) is 6.54 Å². The molecule has 1 N–H and O–H groups in total. The molecule has 0 atom stereocenters. The molecule has 5 rings (SSSR count). The van der Waals surface area contributed by atoms with E-state index in [1.54, 1.807) is 0 Å². The molecule has 1 aliphatic heterocycles. The molecule has 4 nitrogen and oxygen atoms in total. The minimum atomic E-state index is 0.838. The number of para-hydroxylation sites is 1. The van der Waals surface area contributed by atoms with E-state index in [0.29, 0.717) is 0 Å². The molecule has 2 aromatic carbocycles. The van der Waals surface area contributed by atoms with Crippen LogP contribution in [0.15, 0.2) is 52.9 Å². The largest absolute Gasteiger partial charge is 0.452 e. The summed E-state index contributed by atoms with van der Waals surface area (Å²) in [4.78, 5) is 2.55. The van der Waals surface area contributed by atoms with Gasteiger partial charge in [-0.1, -0.05) is 42.8 Å². The number of nitrogens with zero attached hydrogens (tertiary/aromatic N) is 2. The molecular formula is C21H21N3O. The van der Waals surface area contributed by atoms with Crippen molar-refractivity contribution in [3.63, 3.8) is 0 Å². The van der Waals surface area contributed by atoms with Gasteiger partial charge < -0.3 is 4.42 Å². The zero-order valence-electron chi connectivity index (χ0n) is 14.2. The van der Waals surface area contributed by atoms with Crippen molar-refractivity contribution in [2.45, 2.75) is 25.8 Å². The number of aromatic amines is 1. The molecule has 0 bridgehead atoms. The summed E-state index contributed by atoms with van der Waals surface area (Å²) in [5, 5.41) is 8.71. The SMILES string of the molecule is c1ccc2c(c1)oc1c(-c3ccc(CN4CCCCC4)cc3)n[nH]c12. The maximum Gasteiger partial charge on any atom is 0.181 e. The Balaban J connectivity index is 1.45. The van der Waals surface area contributed by atoms with Crippen LogP contribution in [0.5, 0.6) is 0 Å². The topological polar surface area (TPSA) is 45.1 Å². The van der Waals surface area contributed by atoms with E-state index in [0.717, 1.165) is 39.9 Å². The Morgan fingerprint density at radius 1 is 0.960 bits per heavy atom. The molecule has 3 heterocycles. The number of nitrogens with one attached hydrogen (secondary N) is 1. The van der Waals surface area contributed by atoms with Gasteiger partial charge in [0, 0.05) is 17.5 Å². The van der Waals surface area contributed by atoms with Gasteiger partial charge in [-0.05, 0) is 43.6 Å². The standard InChI is InChI=1S/C21H21N3O/c1-4-12-24(13-5-1)14-15-8-10-16(11-9-15)19-21-20(23-22-19)17-6-2-3-7-18(17)25-21/h2-3,6-11H,1,4-5,12-14H2,(H,22,23). The summed E-state index contributed by atoms with van der Waals surface area (Å²) in [7, 11) is 0. The van der Waals surface area contributed by atoms with Crippen LogP contribution < -0.4 is 0 Å². The molecule has 0 aliphatic carbocycles. The molecule has 0 spiro atoms. The molecule has 126 valence electrons. The number of fused-ring (bicyclic) bond motifs is 3. The quantitative estimate of drug-likeness (QED) is 0.577. The van der Waals surface area contributed by atoms with Gasteiger partial charge in [0.05, 0.1) is 0 Å². The lowest BCUT2D eigenvalue weighted by molar-refractivity contribution is 0.221. The summed E-state index contributed by atoms with van der Waals surface area (Å²) in [5.74, 6) is 0. The Hall–Kier alpha value is -2.59. The molecule has 0 saturated carbocycles. The van der Waals surface area contributed by atoms with Crippen LogP contribution in [-0.4, -0.2) is 28.2 Å². The van der Waals surface area contributed by atoms with Crippen molar-refractivity contribution >= 4 is 22.1 Å². The molecular weight excluding hydrogens is 310 g/mol. The average Bonchev–Trinajstić information content (AvgIpc) is 3.23. The van der Waals surface area contributed by atoms with Gasteiger partial charge in [-0.15, -0.1) is 0 Å². The minimum absolute atomic E-state index is 0.838. The van der Waals surface area contributed by atoms with Crippen molar-refractivity contribution in [1.29, 1.82) is 0 Å². The molecule has 1 fully saturated rings. The third-order valence-corrected chi connectivity index (χ3v) is 5.17. The zero-order chi connectivity index (χ0) is 16.6. The van der Waals surface area contributed by atoms with E-state index >= 15 is 0 Å². The van der Waals surface area contributed by atoms with Crippen molar-refractivity contribution < 1.29 is 4.42 Å². The Labute approximate surface area is 146 Å². The summed E-state index contributed by atoms with van der Waals surface area (Å²) in [6, 6.07) is 16.8. The number of aromatic nitrogens is 2. The first-order valence-corrected chi connectivity index (χ1v) is 9.06. The van der Waals surface area contributed by atoms with Crippen molar-refractivity contribution in [3.8, 4) is 11.3 Å². The van der Waals surface area contributed by atoms with Gasteiger partial charge in [0.25, 0.3) is 0 Å². The van der Waals surface area contributed by atoms with E-state index in [1.807, 2.05) is 18.2 Å². The van der Waals surface area contributed by atoms with Gasteiger partial charge in [-0.25, -0.2) is 0 Å². The first kappa shape index (κ1) is 14.7. The highest BCUT2D eigenvalue weighted by Crippen LogP contribution is 2.33. The highest BCUT2D eigenvalue weighted by Gasteiger charge is 2.16. The van der Waals surface area contributed by atoms with Crippen LogP contribution in [0.25, 0.3) is 33.3 Å². The molecule has 1 aliphatic rings. The Bertz CT molecular complexity index is 1010. The van der Waals surface area contributed by atoms with Gasteiger partial charge in [0.1, 0.15) is 16.8 Å². The van der Waals surface area contributed by atoms with Gasteiger partial charge in [-0.2, -0.15) is 5.10 Å². The van der Waals surface area contributed by atoms with Crippen molar-refractivity contribution in [2.75, 3.05) is 13.1 Å². The first-order valence-electron chi connectivity index (χ1n) is 9.06. The molecule has 25 heavy (non-hydrogen) atoms. The number of benzene rings is 2. The molecule has 0 radical (unpaired) electrons. The summed E-state index contributed by atoms with van der Waals surface area (Å²) in [5.41, 5.74) is 6.05. The van der Waals surface area contributed by atoms with Gasteiger partial charge in [-0.3, -0.25) is 10.00 Å². The predicted octanol–water partition coefficient (Wildman–Crippen LogP) is 4.96. The number of hydrogen-bond acceptors (Lipinski definition) is 3. The van der Waals surface area contributed by atoms with E-state index in [9.17, 15) is 0 Å². The average molecular weight is 331 g/mol. The number of furan rings is 1. The van der Waals surface area contributed by atoms with Crippen LogP contribution in [0.4, 0.5) is 0 Å². The minimum Gasteiger partial charge on any atom is -0.452 e. The predicted molar refractivity (Wildman–Crippen MR) is 100 cm³/mol. The summed E-state index contributed by atoms with van der Waals surface area (Å²) in [6.45, 7) is 3.49. The van der Waals surface area contributed by atoms with Crippen molar-refractivity contribution in [1.82, 2.24) is 15.1 Å². The molecule has 4 heteroatoms. The molecule has 0 unspecified atom stereocenters. The highest BCUT2D eigenvalue weighted by atomic mass is 16.3. The molecule has 4 aromatic rings. The van der Waals surface area contributed by atoms with E-state index < -0.39 is 0 Å². The van der Waals surface area contributed by atoms with Crippen molar-refractivity contribution in [3.05, 3.63) is 54.1 Å². The summed E-state index contributed by atoms with van der Waals surface area (Å²) in [6.07, 6.45) is 4.03. The lowest BCUT2D eigenvalue weighted by Gasteiger charge is -2.26. The van der Waals surface area contributed by atoms with Gasteiger partial charge in [0.15, 0.2) is 5.58 Å². The van der Waals surface area contributed by atoms with Crippen LogP contribution >= 0.6 is 0 Å². The maximum atomic E-state index is 6.03. The van der Waals surface area contributed by atoms with Crippen LogP contribution in [0, 0.1) is 0 Å². The van der Waals surface area contributed by atoms with Crippen LogP contribution in [0.2, 0.25) is 0 Å². The second-order valence-corrected chi connectivity index (χ2v) is 6.91. The second kappa shape index (κ2) is 6.05. The summed E-state index contributed by atoms with van der Waals surface area (Å²) < 4.78 is 6.03. The fourth-order valence-electron chi connectivity index (χ4n) is 3.83. The lowest BCUT2D eigenvalue weighted by Crippen LogP contribution is -2.28. The van der Waals surface area contributed by atoms with E-state index in [4.69, 9.17) is 4.42 Å². The van der Waals surface area contributed by atoms with E-state index in [2.05, 4.69) is 45.4 Å². The number of H-pyrrole nitrogens is 1. The van der Waals surface area contributed by atoms with Gasteiger partial charge >= 0.3 is 0 Å². The van der Waals surface area contributed by atoms with Crippen LogP contribution in [0.1, 0.15) is 24.8 Å². The zero-order valence-corrected chi connectivity index (χ0v) is 14.2. The third kappa shape index (κ3) is 2.63. The fraction of sp³-hybridized carbons (Fsp3) is 0.286. The molecule has 1 saturated heterocycles. The lowest BCUT2D eigenvalue weighted by atomic mass is 10.1. The number of piperidine rings is 1. The Morgan fingerprint density at radius 3 is 2.60 bits per heavy atom. The maximum absolute atomic E-state index is 6.03. The smallest absolute Gasteiger partial charge is 0.181 e. The third-order valence-electron chi connectivity index (χ3n) is 5.17. The number of likely N-dealkylation sites (tertiary alicyclic amines) is 1. The highest BCUT2D eigenvalue weighted by molar-refractivity contribution is 6.06. The van der Waals surface area contributed by atoms with Gasteiger partial charge in [0.2, 0.25) is 0 Å². The fourth-order valence-corrected chi connectivity index (χ4v) is 3.83.